The zero-order valence-electron chi connectivity index (χ0n) is 15.4. The van der Waals surface area contributed by atoms with E-state index in [-0.39, 0.29) is 31.8 Å². The van der Waals surface area contributed by atoms with Gasteiger partial charge in [0.05, 0.1) is 5.69 Å². The minimum absolute atomic E-state index is 0.175. The van der Waals surface area contributed by atoms with E-state index in [1.165, 1.54) is 4.90 Å². The molecule has 1 unspecified atom stereocenters. The summed E-state index contributed by atoms with van der Waals surface area (Å²) in [7, 11) is 3.64. The lowest BCUT2D eigenvalue weighted by molar-refractivity contribution is -0.134. The summed E-state index contributed by atoms with van der Waals surface area (Å²) >= 11 is 0. The minimum Gasteiger partial charge on any atom is -0.373 e. The zero-order valence-corrected chi connectivity index (χ0v) is 15.4. The van der Waals surface area contributed by atoms with Crippen LogP contribution >= 0.6 is 0 Å². The maximum Gasteiger partial charge on any atom is 0.249 e. The number of aromatic nitrogens is 1. The number of piperazine rings is 1. The number of piperidine rings is 1. The topological polar surface area (TPSA) is 89.1 Å². The van der Waals surface area contributed by atoms with Crippen molar-refractivity contribution in [2.24, 2.45) is 0 Å². The van der Waals surface area contributed by atoms with Gasteiger partial charge in [-0.3, -0.25) is 19.7 Å². The van der Waals surface area contributed by atoms with Crippen LogP contribution in [0.25, 0.3) is 0 Å². The molecule has 146 valence electrons. The molecular weight excluding hydrogens is 355 g/mol. The van der Waals surface area contributed by atoms with E-state index in [1.54, 1.807) is 12.3 Å². The smallest absolute Gasteiger partial charge is 0.249 e. The van der Waals surface area contributed by atoms with Gasteiger partial charge in [-0.15, -0.1) is 9.60 Å². The Morgan fingerprint density at radius 3 is 2.56 bits per heavy atom. The first-order valence-electron chi connectivity index (χ1n) is 8.81. The molecular formula is C17H23FN6O3. The number of carbonyl (C=O) groups is 3. The van der Waals surface area contributed by atoms with E-state index >= 15 is 0 Å². The summed E-state index contributed by atoms with van der Waals surface area (Å²) in [5.41, 5.74) is 1.19. The quantitative estimate of drug-likeness (QED) is 0.436. The number of hydrogen-bond donors (Lipinski definition) is 1. The third-order valence-corrected chi connectivity index (χ3v) is 4.79. The molecule has 1 N–H and O–H groups in total. The van der Waals surface area contributed by atoms with E-state index in [2.05, 4.69) is 10.3 Å². The molecule has 0 radical (unpaired) electrons. The molecule has 0 saturated carbocycles. The van der Waals surface area contributed by atoms with Crippen molar-refractivity contribution in [1.29, 1.82) is 0 Å². The van der Waals surface area contributed by atoms with Crippen LogP contribution in [0.15, 0.2) is 12.3 Å². The van der Waals surface area contributed by atoms with Crippen molar-refractivity contribution in [1.82, 2.24) is 15.4 Å². The third kappa shape index (κ3) is 3.85. The highest BCUT2D eigenvalue weighted by Crippen LogP contribution is 2.37. The first-order valence-corrected chi connectivity index (χ1v) is 8.81. The van der Waals surface area contributed by atoms with Crippen molar-refractivity contribution < 1.29 is 18.9 Å². The second-order valence-electron chi connectivity index (χ2n) is 6.77. The number of pyridine rings is 1. The van der Waals surface area contributed by atoms with Crippen molar-refractivity contribution in [2.45, 2.75) is 18.9 Å². The Bertz CT molecular complexity index is 735. The molecule has 10 heteroatoms. The normalized spacial score (nSPS) is 21.0. The molecule has 2 fully saturated rings. The summed E-state index contributed by atoms with van der Waals surface area (Å²) < 4.78 is 13.4. The summed E-state index contributed by atoms with van der Waals surface area (Å²) in [5.74, 6) is -0.202. The standard InChI is InChI=1S/C17H23FN6O3/c1-21(2)15-12(24(11-25)13-3-4-14(26)20-17(13)27)5-6-19-16(15)22-7-9-23(18)10-8-22/h5-6,11,13H,3-4,7-10H2,1-2H3,(H,20,26,27). The van der Waals surface area contributed by atoms with E-state index in [0.717, 1.165) is 5.12 Å². The van der Waals surface area contributed by atoms with Gasteiger partial charge in [0.15, 0.2) is 5.82 Å². The largest absolute Gasteiger partial charge is 0.373 e. The van der Waals surface area contributed by atoms with Gasteiger partial charge in [0.1, 0.15) is 11.7 Å². The van der Waals surface area contributed by atoms with Gasteiger partial charge in [0.25, 0.3) is 0 Å². The van der Waals surface area contributed by atoms with E-state index in [9.17, 15) is 18.9 Å². The van der Waals surface area contributed by atoms with Crippen LogP contribution in [0, 0.1) is 0 Å². The summed E-state index contributed by atoms with van der Waals surface area (Å²) in [6.45, 7) is 1.47. The Labute approximate surface area is 156 Å². The Balaban J connectivity index is 1.98. The van der Waals surface area contributed by atoms with Crippen molar-refractivity contribution >= 4 is 35.4 Å². The van der Waals surface area contributed by atoms with E-state index in [0.29, 0.717) is 36.7 Å². The molecule has 2 aliphatic heterocycles. The van der Waals surface area contributed by atoms with E-state index in [4.69, 9.17) is 0 Å². The monoisotopic (exact) mass is 378 g/mol. The highest BCUT2D eigenvalue weighted by Gasteiger charge is 2.34. The van der Waals surface area contributed by atoms with Crippen molar-refractivity contribution in [3.05, 3.63) is 12.3 Å². The SMILES string of the molecule is CN(C)c1c(N(C=O)C2CCC(=O)NC2=O)ccnc1N1CCN(F)CC1. The number of hydrogen-bond acceptors (Lipinski definition) is 7. The number of carbonyl (C=O) groups excluding carboxylic acids is 3. The first-order chi connectivity index (χ1) is 12.9. The van der Waals surface area contributed by atoms with Gasteiger partial charge in [0, 0.05) is 52.9 Å². The fourth-order valence-corrected chi connectivity index (χ4v) is 3.44. The van der Waals surface area contributed by atoms with Crippen LogP contribution < -0.4 is 20.0 Å². The van der Waals surface area contributed by atoms with Crippen LogP contribution in [-0.2, 0) is 14.4 Å². The summed E-state index contributed by atoms with van der Waals surface area (Å²) in [5, 5.41) is 3.04. The van der Waals surface area contributed by atoms with Crippen LogP contribution in [0.2, 0.25) is 0 Å². The lowest BCUT2D eigenvalue weighted by Crippen LogP contribution is -2.52. The highest BCUT2D eigenvalue weighted by atomic mass is 19.2. The van der Waals surface area contributed by atoms with Gasteiger partial charge in [-0.25, -0.2) is 4.98 Å². The van der Waals surface area contributed by atoms with E-state index in [1.807, 2.05) is 23.9 Å². The minimum atomic E-state index is -0.767. The summed E-state index contributed by atoms with van der Waals surface area (Å²) in [6, 6.07) is 0.902. The molecule has 1 atom stereocenters. The van der Waals surface area contributed by atoms with Crippen LogP contribution in [-0.4, -0.2) is 74.6 Å². The maximum atomic E-state index is 13.4. The van der Waals surface area contributed by atoms with E-state index < -0.39 is 11.9 Å². The maximum absolute atomic E-state index is 13.4. The second-order valence-corrected chi connectivity index (χ2v) is 6.77. The van der Waals surface area contributed by atoms with Gasteiger partial charge >= 0.3 is 0 Å². The Kier molecular flexibility index (Phi) is 5.54. The molecule has 3 heterocycles. The van der Waals surface area contributed by atoms with Crippen molar-refractivity contribution in [3.63, 3.8) is 0 Å². The second kappa shape index (κ2) is 7.87. The molecule has 2 saturated heterocycles. The van der Waals surface area contributed by atoms with Crippen LogP contribution in [0.3, 0.4) is 0 Å². The lowest BCUT2D eigenvalue weighted by atomic mass is 10.0. The summed E-state index contributed by atoms with van der Waals surface area (Å²) in [6.07, 6.45) is 2.61. The van der Waals surface area contributed by atoms with Gasteiger partial charge in [-0.2, -0.15) is 0 Å². The third-order valence-electron chi connectivity index (χ3n) is 4.79. The van der Waals surface area contributed by atoms with Crippen LogP contribution in [0.5, 0.6) is 0 Å². The fourth-order valence-electron chi connectivity index (χ4n) is 3.44. The highest BCUT2D eigenvalue weighted by molar-refractivity contribution is 6.05. The number of nitrogens with one attached hydrogen (secondary N) is 1. The van der Waals surface area contributed by atoms with Gasteiger partial charge < -0.3 is 14.7 Å². The predicted octanol–water partition coefficient (Wildman–Crippen LogP) is -0.0779. The molecule has 0 spiro atoms. The van der Waals surface area contributed by atoms with Gasteiger partial charge in [-0.05, 0) is 12.5 Å². The molecule has 9 nitrogen and oxygen atoms in total. The number of imide groups is 1. The Hall–Kier alpha value is -2.75. The van der Waals surface area contributed by atoms with Crippen LogP contribution in [0.1, 0.15) is 12.8 Å². The molecule has 27 heavy (non-hydrogen) atoms. The first kappa shape index (κ1) is 19.0. The number of amides is 3. The van der Waals surface area contributed by atoms with Crippen molar-refractivity contribution in [2.75, 3.05) is 55.0 Å². The molecule has 3 amide bonds. The number of rotatable bonds is 5. The van der Waals surface area contributed by atoms with Crippen molar-refractivity contribution in [3.8, 4) is 0 Å². The predicted molar refractivity (Wildman–Crippen MR) is 98.2 cm³/mol. The number of nitrogens with zero attached hydrogens (tertiary/aromatic N) is 5. The zero-order chi connectivity index (χ0) is 19.6. The molecule has 2 aliphatic rings. The van der Waals surface area contributed by atoms with Crippen LogP contribution in [0.4, 0.5) is 21.7 Å². The molecule has 0 aliphatic carbocycles. The van der Waals surface area contributed by atoms with Gasteiger partial charge in [0.2, 0.25) is 18.2 Å². The number of anilines is 3. The molecule has 3 rings (SSSR count). The average molecular weight is 378 g/mol. The summed E-state index contributed by atoms with van der Waals surface area (Å²) in [4.78, 5) is 45.2. The molecule has 0 aromatic carbocycles. The Morgan fingerprint density at radius 2 is 1.96 bits per heavy atom. The molecule has 0 bridgehead atoms. The average Bonchev–Trinajstić information content (AvgIpc) is 2.64. The molecule has 1 aromatic heterocycles. The molecule has 1 aromatic rings. The Morgan fingerprint density at radius 1 is 1.26 bits per heavy atom. The van der Waals surface area contributed by atoms with Gasteiger partial charge in [-0.1, -0.05) is 0 Å². The lowest BCUT2D eigenvalue weighted by Gasteiger charge is -2.36. The number of halogens is 1. The fraction of sp³-hybridized carbons (Fsp3) is 0.529.